The Morgan fingerprint density at radius 3 is 2.14 bits per heavy atom. The van der Waals surface area contributed by atoms with Crippen molar-refractivity contribution in [3.05, 3.63) is 65.5 Å². The van der Waals surface area contributed by atoms with Crippen molar-refractivity contribution in [2.24, 2.45) is 0 Å². The van der Waals surface area contributed by atoms with Crippen molar-refractivity contribution >= 4 is 19.3 Å². The fourth-order valence-corrected chi connectivity index (χ4v) is 4.59. The summed E-state index contributed by atoms with van der Waals surface area (Å²) in [5.74, 6) is -2.01. The molecule has 0 bridgehead atoms. The van der Waals surface area contributed by atoms with E-state index in [0.717, 1.165) is 0 Å². The summed E-state index contributed by atoms with van der Waals surface area (Å²) >= 11 is 0. The van der Waals surface area contributed by atoms with Crippen LogP contribution in [0.15, 0.2) is 48.5 Å². The molecule has 0 aliphatic rings. The molecule has 152 valence electrons. The molecule has 0 saturated carbocycles. The van der Waals surface area contributed by atoms with Crippen molar-refractivity contribution in [2.45, 2.75) is 26.6 Å². The minimum atomic E-state index is -3.73. The summed E-state index contributed by atoms with van der Waals surface area (Å²) in [5, 5.41) is 3.04. The van der Waals surface area contributed by atoms with E-state index in [1.165, 1.54) is 12.1 Å². The maximum absolute atomic E-state index is 14.5. The highest BCUT2D eigenvalue weighted by Crippen LogP contribution is 2.61. The van der Waals surface area contributed by atoms with Crippen LogP contribution in [0, 0.1) is 5.82 Å². The van der Waals surface area contributed by atoms with Gasteiger partial charge in [0.15, 0.2) is 5.78 Å². The second kappa shape index (κ2) is 10.4. The number of carbonyl (C=O) groups is 1. The van der Waals surface area contributed by atoms with Crippen LogP contribution >= 0.6 is 7.60 Å². The molecule has 0 radical (unpaired) electrons. The molecule has 0 amide bonds. The van der Waals surface area contributed by atoms with Crippen molar-refractivity contribution in [2.75, 3.05) is 25.1 Å². The molecule has 2 aromatic carbocycles. The summed E-state index contributed by atoms with van der Waals surface area (Å²) in [6.07, 6.45) is 0. The van der Waals surface area contributed by atoms with Crippen LogP contribution in [-0.4, -0.2) is 25.8 Å². The average Bonchev–Trinajstić information content (AvgIpc) is 2.68. The molecular weight excluding hydrogens is 384 g/mol. The van der Waals surface area contributed by atoms with Gasteiger partial charge in [-0.05, 0) is 51.1 Å². The van der Waals surface area contributed by atoms with Crippen molar-refractivity contribution in [1.82, 2.24) is 0 Å². The summed E-state index contributed by atoms with van der Waals surface area (Å²) in [6, 6.07) is 12.4. The monoisotopic (exact) mass is 409 g/mol. The van der Waals surface area contributed by atoms with E-state index >= 15 is 0 Å². The van der Waals surface area contributed by atoms with Gasteiger partial charge >= 0.3 is 13.6 Å². The molecule has 0 spiro atoms. The van der Waals surface area contributed by atoms with E-state index in [1.807, 2.05) is 0 Å². The quantitative estimate of drug-likeness (QED) is 0.420. The van der Waals surface area contributed by atoms with Gasteiger partial charge in [0.25, 0.3) is 0 Å². The van der Waals surface area contributed by atoms with E-state index in [1.54, 1.807) is 57.2 Å². The van der Waals surface area contributed by atoms with E-state index in [4.69, 9.17) is 13.8 Å². The van der Waals surface area contributed by atoms with Gasteiger partial charge in [-0.15, -0.1) is 0 Å². The third kappa shape index (κ3) is 5.41. The Labute approximate surface area is 164 Å². The fraction of sp³-hybridized carbons (Fsp3) is 0.350. The number of anilines is 1. The second-order valence-electron chi connectivity index (χ2n) is 5.74. The number of esters is 1. The maximum Gasteiger partial charge on any atom is 0.357 e. The maximum atomic E-state index is 14.5. The first-order valence-corrected chi connectivity index (χ1v) is 10.7. The van der Waals surface area contributed by atoms with Crippen LogP contribution in [0.25, 0.3) is 0 Å². The van der Waals surface area contributed by atoms with Crippen LogP contribution < -0.4 is 5.32 Å². The van der Waals surface area contributed by atoms with Gasteiger partial charge in [0.05, 0.1) is 25.4 Å². The molecule has 8 heteroatoms. The number of hydrogen-bond acceptors (Lipinski definition) is 6. The first kappa shape index (κ1) is 22.1. The number of nitrogens with one attached hydrogen (secondary N) is 1. The Kier molecular flexibility index (Phi) is 8.18. The van der Waals surface area contributed by atoms with Gasteiger partial charge in [0, 0.05) is 11.3 Å². The highest BCUT2D eigenvalue weighted by molar-refractivity contribution is 7.54. The molecule has 2 aromatic rings. The summed E-state index contributed by atoms with van der Waals surface area (Å²) in [7, 11) is -3.73. The molecule has 1 N–H and O–H groups in total. The molecule has 28 heavy (non-hydrogen) atoms. The number of benzene rings is 2. The Hall–Kier alpha value is -2.21. The van der Waals surface area contributed by atoms with Crippen molar-refractivity contribution in [1.29, 1.82) is 0 Å². The zero-order valence-electron chi connectivity index (χ0n) is 16.2. The average molecular weight is 409 g/mol. The zero-order valence-corrected chi connectivity index (χ0v) is 17.1. The Balaban J connectivity index is 2.38. The minimum Gasteiger partial charge on any atom is -0.462 e. The van der Waals surface area contributed by atoms with E-state index in [0.29, 0.717) is 11.3 Å². The van der Waals surface area contributed by atoms with Crippen LogP contribution in [0.1, 0.15) is 42.5 Å². The lowest BCUT2D eigenvalue weighted by atomic mass is 10.2. The predicted octanol–water partition coefficient (Wildman–Crippen LogP) is 5.38. The summed E-state index contributed by atoms with van der Waals surface area (Å²) in [4.78, 5) is 11.8. The topological polar surface area (TPSA) is 73.9 Å². The molecule has 6 nitrogen and oxygen atoms in total. The van der Waals surface area contributed by atoms with Crippen LogP contribution in [-0.2, 0) is 18.3 Å². The Morgan fingerprint density at radius 1 is 1.00 bits per heavy atom. The van der Waals surface area contributed by atoms with Crippen LogP contribution in [0.2, 0.25) is 0 Å². The summed E-state index contributed by atoms with van der Waals surface area (Å²) in [6.45, 7) is 5.68. The van der Waals surface area contributed by atoms with Crippen LogP contribution in [0.3, 0.4) is 0 Å². The standard InChI is InChI=1S/C20H25FNO5P/c1-4-25-20(23)15-11-13-16(14-12-15)22-19(17-9-7-8-10-18(17)21)28(24,26-5-2)27-6-3/h7-14,19,22H,4-6H2,1-3H3. The highest BCUT2D eigenvalue weighted by atomic mass is 31.2. The van der Waals surface area contributed by atoms with E-state index < -0.39 is 25.2 Å². The smallest absolute Gasteiger partial charge is 0.357 e. The molecule has 1 atom stereocenters. The van der Waals surface area contributed by atoms with Crippen molar-refractivity contribution < 1.29 is 27.5 Å². The van der Waals surface area contributed by atoms with E-state index in [2.05, 4.69) is 5.32 Å². The molecule has 0 aromatic heterocycles. The molecule has 0 saturated heterocycles. The van der Waals surface area contributed by atoms with Crippen LogP contribution in [0.4, 0.5) is 10.1 Å². The molecule has 0 aliphatic carbocycles. The SMILES string of the molecule is CCOC(=O)c1ccc(NC(c2ccccc2F)P(=O)(OCC)OCC)cc1. The van der Waals surface area contributed by atoms with Gasteiger partial charge in [-0.2, -0.15) is 0 Å². The van der Waals surface area contributed by atoms with Crippen molar-refractivity contribution in [3.8, 4) is 0 Å². The van der Waals surface area contributed by atoms with Gasteiger partial charge in [-0.25, -0.2) is 9.18 Å². The summed E-state index contributed by atoms with van der Waals surface area (Å²) < 4.78 is 43.7. The Bertz CT molecular complexity index is 818. The van der Waals surface area contributed by atoms with Gasteiger partial charge in [-0.3, -0.25) is 4.57 Å². The van der Waals surface area contributed by atoms with Gasteiger partial charge in [0.2, 0.25) is 0 Å². The third-order valence-corrected chi connectivity index (χ3v) is 6.11. The molecule has 0 heterocycles. The Morgan fingerprint density at radius 2 is 1.61 bits per heavy atom. The number of carbonyl (C=O) groups excluding carboxylic acids is 1. The van der Waals surface area contributed by atoms with Crippen LogP contribution in [0.5, 0.6) is 0 Å². The molecule has 0 fully saturated rings. The van der Waals surface area contributed by atoms with Gasteiger partial charge in [0.1, 0.15) is 5.82 Å². The predicted molar refractivity (Wildman–Crippen MR) is 106 cm³/mol. The highest BCUT2D eigenvalue weighted by Gasteiger charge is 2.38. The lowest BCUT2D eigenvalue weighted by Gasteiger charge is -2.28. The molecular formula is C20H25FNO5P. The van der Waals surface area contributed by atoms with E-state index in [-0.39, 0.29) is 25.4 Å². The number of rotatable bonds is 10. The van der Waals surface area contributed by atoms with Crippen molar-refractivity contribution in [3.63, 3.8) is 0 Å². The first-order valence-electron chi connectivity index (χ1n) is 9.12. The lowest BCUT2D eigenvalue weighted by molar-refractivity contribution is 0.0526. The number of halogens is 1. The number of ether oxygens (including phenoxy) is 1. The lowest BCUT2D eigenvalue weighted by Crippen LogP contribution is -2.16. The van der Waals surface area contributed by atoms with Gasteiger partial charge in [-0.1, -0.05) is 18.2 Å². The zero-order chi connectivity index (χ0) is 20.6. The third-order valence-electron chi connectivity index (χ3n) is 3.83. The minimum absolute atomic E-state index is 0.145. The molecule has 1 unspecified atom stereocenters. The second-order valence-corrected chi connectivity index (χ2v) is 7.85. The first-order chi connectivity index (χ1) is 13.4. The van der Waals surface area contributed by atoms with E-state index in [9.17, 15) is 13.8 Å². The molecule has 0 aliphatic heterocycles. The summed E-state index contributed by atoms with van der Waals surface area (Å²) in [5.41, 5.74) is 1.08. The largest absolute Gasteiger partial charge is 0.462 e. The van der Waals surface area contributed by atoms with Gasteiger partial charge < -0.3 is 19.1 Å². The normalized spacial score (nSPS) is 12.4. The molecule has 2 rings (SSSR count). The number of hydrogen-bond donors (Lipinski definition) is 1. The fourth-order valence-electron chi connectivity index (χ4n) is 2.65.